The second kappa shape index (κ2) is 5.70. The highest BCUT2D eigenvalue weighted by atomic mass is 16.4. The third-order valence-corrected chi connectivity index (χ3v) is 2.58. The van der Waals surface area contributed by atoms with Crippen molar-refractivity contribution in [1.29, 1.82) is 0 Å². The number of hydrogen-bond acceptors (Lipinski definition) is 3. The molecule has 3 N–H and O–H groups in total. The number of aliphatic hydroxyl groups excluding tert-OH is 1. The molecule has 0 bridgehead atoms. The molecule has 1 aliphatic rings. The van der Waals surface area contributed by atoms with Crippen LogP contribution >= 0.6 is 0 Å². The van der Waals surface area contributed by atoms with Crippen molar-refractivity contribution < 1.29 is 19.8 Å². The molecule has 15 heavy (non-hydrogen) atoms. The second-order valence-corrected chi connectivity index (χ2v) is 3.86. The van der Waals surface area contributed by atoms with Gasteiger partial charge in [-0.05, 0) is 25.7 Å². The van der Waals surface area contributed by atoms with Crippen LogP contribution < -0.4 is 5.32 Å². The third kappa shape index (κ3) is 3.87. The van der Waals surface area contributed by atoms with Crippen LogP contribution in [0, 0.1) is 11.8 Å². The number of rotatable bonds is 7. The molecule has 1 rings (SSSR count). The minimum Gasteiger partial charge on any atom is -0.481 e. The fourth-order valence-electron chi connectivity index (χ4n) is 1.51. The van der Waals surface area contributed by atoms with Crippen molar-refractivity contribution in [2.24, 2.45) is 11.8 Å². The molecule has 2 atom stereocenters. The van der Waals surface area contributed by atoms with Crippen molar-refractivity contribution in [3.63, 3.8) is 0 Å². The predicted octanol–water partition coefficient (Wildman–Crippen LogP) is -0.0141. The van der Waals surface area contributed by atoms with E-state index in [4.69, 9.17) is 10.2 Å². The van der Waals surface area contributed by atoms with Crippen molar-refractivity contribution in [1.82, 2.24) is 5.32 Å². The van der Waals surface area contributed by atoms with E-state index in [9.17, 15) is 9.59 Å². The van der Waals surface area contributed by atoms with E-state index in [0.29, 0.717) is 13.0 Å². The van der Waals surface area contributed by atoms with Crippen LogP contribution in [0.1, 0.15) is 25.7 Å². The van der Waals surface area contributed by atoms with Crippen LogP contribution in [0.25, 0.3) is 0 Å². The lowest BCUT2D eigenvalue weighted by atomic mass is 10.2. The molecular weight excluding hydrogens is 198 g/mol. The van der Waals surface area contributed by atoms with Crippen LogP contribution in [-0.2, 0) is 9.59 Å². The maximum atomic E-state index is 11.3. The van der Waals surface area contributed by atoms with Crippen molar-refractivity contribution in [3.8, 4) is 0 Å². The van der Waals surface area contributed by atoms with E-state index < -0.39 is 11.9 Å². The molecule has 0 aromatic carbocycles. The summed E-state index contributed by atoms with van der Waals surface area (Å²) in [5.74, 6) is -1.82. The van der Waals surface area contributed by atoms with E-state index >= 15 is 0 Å². The highest BCUT2D eigenvalue weighted by Gasteiger charge is 2.48. The van der Waals surface area contributed by atoms with Crippen LogP contribution in [-0.4, -0.2) is 35.2 Å². The summed E-state index contributed by atoms with van der Waals surface area (Å²) >= 11 is 0. The Morgan fingerprint density at radius 1 is 1.20 bits per heavy atom. The molecule has 0 unspecified atom stereocenters. The molecule has 0 spiro atoms. The molecule has 0 aromatic heterocycles. The number of carboxylic acid groups (broad SMARTS) is 1. The number of carboxylic acids is 1. The average Bonchev–Trinajstić information content (AvgIpc) is 2.96. The third-order valence-electron chi connectivity index (χ3n) is 2.58. The lowest BCUT2D eigenvalue weighted by Crippen LogP contribution is -2.27. The number of aliphatic carboxylic acids is 1. The highest BCUT2D eigenvalue weighted by Crippen LogP contribution is 2.38. The Hall–Kier alpha value is -1.10. The molecule has 5 nitrogen and oxygen atoms in total. The van der Waals surface area contributed by atoms with Crippen LogP contribution in [0.15, 0.2) is 0 Å². The first-order chi connectivity index (χ1) is 7.16. The van der Waals surface area contributed by atoms with Gasteiger partial charge in [-0.25, -0.2) is 0 Å². The van der Waals surface area contributed by atoms with Gasteiger partial charge in [-0.3, -0.25) is 9.59 Å². The van der Waals surface area contributed by atoms with E-state index in [1.165, 1.54) is 0 Å². The number of carbonyl (C=O) groups is 2. The quantitative estimate of drug-likeness (QED) is 0.521. The highest BCUT2D eigenvalue weighted by molar-refractivity contribution is 5.89. The Labute approximate surface area is 88.5 Å². The Balaban J connectivity index is 2.03. The standard InChI is InChI=1S/C10H17NO4/c12-5-3-1-2-4-11-9(13)7-6-8(7)10(14)15/h7-8,12H,1-6H2,(H,11,13)(H,14,15)/t7-,8+/m1/s1. The van der Waals surface area contributed by atoms with Gasteiger partial charge in [-0.1, -0.05) is 0 Å². The maximum Gasteiger partial charge on any atom is 0.307 e. The number of nitrogens with one attached hydrogen (secondary N) is 1. The Morgan fingerprint density at radius 2 is 1.93 bits per heavy atom. The fourth-order valence-corrected chi connectivity index (χ4v) is 1.51. The van der Waals surface area contributed by atoms with Crippen molar-refractivity contribution >= 4 is 11.9 Å². The van der Waals surface area contributed by atoms with E-state index in [2.05, 4.69) is 5.32 Å². The molecule has 1 aliphatic carbocycles. The normalized spacial score (nSPS) is 23.5. The number of unbranched alkanes of at least 4 members (excludes halogenated alkanes) is 2. The summed E-state index contributed by atoms with van der Waals surface area (Å²) in [5.41, 5.74) is 0. The van der Waals surface area contributed by atoms with E-state index in [0.717, 1.165) is 19.3 Å². The first-order valence-corrected chi connectivity index (χ1v) is 5.28. The zero-order valence-electron chi connectivity index (χ0n) is 8.61. The van der Waals surface area contributed by atoms with Gasteiger partial charge in [-0.2, -0.15) is 0 Å². The van der Waals surface area contributed by atoms with Gasteiger partial charge in [0.25, 0.3) is 0 Å². The largest absolute Gasteiger partial charge is 0.481 e. The van der Waals surface area contributed by atoms with Crippen molar-refractivity contribution in [3.05, 3.63) is 0 Å². The molecule has 1 amide bonds. The summed E-state index contributed by atoms with van der Waals surface area (Å²) in [6.45, 7) is 0.749. The number of amides is 1. The maximum absolute atomic E-state index is 11.3. The zero-order chi connectivity index (χ0) is 11.3. The van der Waals surface area contributed by atoms with Gasteiger partial charge in [0.1, 0.15) is 0 Å². The predicted molar refractivity (Wildman–Crippen MR) is 53.2 cm³/mol. The SMILES string of the molecule is O=C(O)[C@H]1C[C@H]1C(=O)NCCCCCO. The Morgan fingerprint density at radius 3 is 2.47 bits per heavy atom. The van der Waals surface area contributed by atoms with Gasteiger partial charge in [0.2, 0.25) is 5.91 Å². The fraction of sp³-hybridized carbons (Fsp3) is 0.800. The first kappa shape index (κ1) is 12.0. The van der Waals surface area contributed by atoms with E-state index in [-0.39, 0.29) is 18.4 Å². The van der Waals surface area contributed by atoms with Gasteiger partial charge >= 0.3 is 5.97 Å². The number of aliphatic hydroxyl groups is 1. The van der Waals surface area contributed by atoms with Crippen molar-refractivity contribution in [2.75, 3.05) is 13.2 Å². The molecule has 0 aromatic rings. The summed E-state index contributed by atoms with van der Waals surface area (Å²) in [4.78, 5) is 21.8. The lowest BCUT2D eigenvalue weighted by molar-refractivity contribution is -0.140. The summed E-state index contributed by atoms with van der Waals surface area (Å²) in [7, 11) is 0. The van der Waals surface area contributed by atoms with Gasteiger partial charge in [-0.15, -0.1) is 0 Å². The van der Waals surface area contributed by atoms with Crippen LogP contribution in [0.5, 0.6) is 0 Å². The van der Waals surface area contributed by atoms with Gasteiger partial charge in [0.05, 0.1) is 11.8 Å². The first-order valence-electron chi connectivity index (χ1n) is 5.28. The topological polar surface area (TPSA) is 86.6 Å². The van der Waals surface area contributed by atoms with Crippen molar-refractivity contribution in [2.45, 2.75) is 25.7 Å². The van der Waals surface area contributed by atoms with E-state index in [1.54, 1.807) is 0 Å². The van der Waals surface area contributed by atoms with Crippen LogP contribution in [0.2, 0.25) is 0 Å². The summed E-state index contributed by atoms with van der Waals surface area (Å²) in [6.07, 6.45) is 2.93. The molecule has 86 valence electrons. The molecule has 0 radical (unpaired) electrons. The van der Waals surface area contributed by atoms with Crippen LogP contribution in [0.4, 0.5) is 0 Å². The smallest absolute Gasteiger partial charge is 0.307 e. The molecule has 1 fully saturated rings. The summed E-state index contributed by atoms with van der Waals surface area (Å²) < 4.78 is 0. The molecule has 5 heteroatoms. The monoisotopic (exact) mass is 215 g/mol. The zero-order valence-corrected chi connectivity index (χ0v) is 8.61. The lowest BCUT2D eigenvalue weighted by Gasteiger charge is -2.03. The molecular formula is C10H17NO4. The number of carbonyl (C=O) groups excluding carboxylic acids is 1. The summed E-state index contributed by atoms with van der Waals surface area (Å²) in [5, 5.41) is 19.8. The van der Waals surface area contributed by atoms with Gasteiger partial charge in [0, 0.05) is 13.2 Å². The average molecular weight is 215 g/mol. The van der Waals surface area contributed by atoms with Crippen LogP contribution in [0.3, 0.4) is 0 Å². The molecule has 0 aliphatic heterocycles. The molecule has 1 saturated carbocycles. The second-order valence-electron chi connectivity index (χ2n) is 3.86. The minimum absolute atomic E-state index is 0.147. The Kier molecular flexibility index (Phi) is 4.55. The minimum atomic E-state index is -0.879. The van der Waals surface area contributed by atoms with Gasteiger partial charge < -0.3 is 15.5 Å². The summed E-state index contributed by atoms with van der Waals surface area (Å²) in [6, 6.07) is 0. The Bertz CT molecular complexity index is 242. The molecule has 0 heterocycles. The van der Waals surface area contributed by atoms with Gasteiger partial charge in [0.15, 0.2) is 0 Å². The van der Waals surface area contributed by atoms with E-state index in [1.807, 2.05) is 0 Å². The molecule has 0 saturated heterocycles. The number of hydrogen-bond donors (Lipinski definition) is 3.